The van der Waals surface area contributed by atoms with Crippen LogP contribution in [0.2, 0.25) is 5.02 Å². The van der Waals surface area contributed by atoms with Crippen LogP contribution in [0.15, 0.2) is 12.1 Å². The molecule has 1 fully saturated rings. The minimum Gasteiger partial charge on any atom is -0.486 e. The summed E-state index contributed by atoms with van der Waals surface area (Å²) in [5.74, 6) is 1.20. The minimum absolute atomic E-state index is 0.353. The van der Waals surface area contributed by atoms with E-state index in [0.717, 1.165) is 0 Å². The van der Waals surface area contributed by atoms with Crippen LogP contribution in [0, 0.1) is 0 Å². The van der Waals surface area contributed by atoms with E-state index in [4.69, 9.17) is 30.5 Å². The van der Waals surface area contributed by atoms with Gasteiger partial charge >= 0.3 is 0 Å². The van der Waals surface area contributed by atoms with Gasteiger partial charge in [0.05, 0.1) is 24.8 Å². The van der Waals surface area contributed by atoms with Gasteiger partial charge in [-0.2, -0.15) is 0 Å². The van der Waals surface area contributed by atoms with Crippen LogP contribution >= 0.6 is 11.6 Å². The van der Waals surface area contributed by atoms with Crippen LogP contribution in [-0.2, 0) is 9.47 Å². The van der Waals surface area contributed by atoms with Crippen molar-refractivity contribution in [2.24, 2.45) is 0 Å². The van der Waals surface area contributed by atoms with Gasteiger partial charge < -0.3 is 24.1 Å². The van der Waals surface area contributed by atoms with E-state index in [2.05, 4.69) is 0 Å². The Morgan fingerprint density at radius 1 is 1.11 bits per heavy atom. The van der Waals surface area contributed by atoms with Crippen LogP contribution in [0.5, 0.6) is 11.5 Å². The van der Waals surface area contributed by atoms with E-state index in [0.29, 0.717) is 55.1 Å². The Morgan fingerprint density at radius 2 is 1.84 bits per heavy atom. The molecule has 1 aromatic rings. The average molecular weight is 287 g/mol. The maximum absolute atomic E-state index is 10.3. The highest BCUT2D eigenvalue weighted by Gasteiger charge is 2.28. The standard InChI is InChI=1S/C13H15ClO5/c14-9-6-11-10(17-3-4-18-11)5-8(9)13(15)12-7-16-1-2-19-12/h5-6,12-13,15H,1-4,7H2. The Morgan fingerprint density at radius 3 is 2.53 bits per heavy atom. The zero-order valence-corrected chi connectivity index (χ0v) is 11.1. The van der Waals surface area contributed by atoms with Crippen molar-refractivity contribution in [2.75, 3.05) is 33.0 Å². The van der Waals surface area contributed by atoms with E-state index in [9.17, 15) is 5.11 Å². The summed E-state index contributed by atoms with van der Waals surface area (Å²) in [5.41, 5.74) is 0.571. The van der Waals surface area contributed by atoms with Crippen LogP contribution < -0.4 is 9.47 Å². The van der Waals surface area contributed by atoms with E-state index in [1.807, 2.05) is 0 Å². The lowest BCUT2D eigenvalue weighted by molar-refractivity contribution is -0.133. The topological polar surface area (TPSA) is 57.2 Å². The number of halogens is 1. The third kappa shape index (κ3) is 2.65. The zero-order valence-electron chi connectivity index (χ0n) is 10.3. The Bertz CT molecular complexity index is 459. The molecule has 2 aliphatic rings. The highest BCUT2D eigenvalue weighted by molar-refractivity contribution is 6.31. The van der Waals surface area contributed by atoms with Crippen molar-refractivity contribution in [1.82, 2.24) is 0 Å². The number of aliphatic hydroxyl groups is 1. The number of rotatable bonds is 2. The molecule has 0 radical (unpaired) electrons. The maximum Gasteiger partial charge on any atom is 0.162 e. The van der Waals surface area contributed by atoms with Crippen LogP contribution in [0.4, 0.5) is 0 Å². The van der Waals surface area contributed by atoms with Crippen molar-refractivity contribution in [2.45, 2.75) is 12.2 Å². The van der Waals surface area contributed by atoms with Gasteiger partial charge in [-0.3, -0.25) is 0 Å². The molecule has 1 aromatic carbocycles. The molecule has 0 spiro atoms. The molecule has 104 valence electrons. The van der Waals surface area contributed by atoms with Gasteiger partial charge in [0.2, 0.25) is 0 Å². The summed E-state index contributed by atoms with van der Waals surface area (Å²) in [6.07, 6.45) is -1.25. The first kappa shape index (κ1) is 13.0. The van der Waals surface area contributed by atoms with Crippen LogP contribution in [0.25, 0.3) is 0 Å². The fraction of sp³-hybridized carbons (Fsp3) is 0.538. The molecule has 2 atom stereocenters. The number of aliphatic hydroxyl groups excluding tert-OH is 1. The summed E-state index contributed by atoms with van der Waals surface area (Å²) in [7, 11) is 0. The fourth-order valence-corrected chi connectivity index (χ4v) is 2.46. The number of hydrogen-bond acceptors (Lipinski definition) is 5. The second-order valence-corrected chi connectivity index (χ2v) is 4.85. The molecule has 19 heavy (non-hydrogen) atoms. The van der Waals surface area contributed by atoms with Gasteiger partial charge in [-0.05, 0) is 6.07 Å². The lowest BCUT2D eigenvalue weighted by Gasteiger charge is -2.28. The Balaban J connectivity index is 1.86. The third-order valence-corrected chi connectivity index (χ3v) is 3.50. The first-order valence-corrected chi connectivity index (χ1v) is 6.60. The van der Waals surface area contributed by atoms with Crippen molar-refractivity contribution in [3.8, 4) is 11.5 Å². The highest BCUT2D eigenvalue weighted by Crippen LogP contribution is 2.38. The van der Waals surface area contributed by atoms with Crippen LogP contribution in [0.3, 0.4) is 0 Å². The molecule has 0 aliphatic carbocycles. The summed E-state index contributed by atoms with van der Waals surface area (Å²) in [5, 5.41) is 10.8. The number of fused-ring (bicyclic) bond motifs is 1. The van der Waals surface area contributed by atoms with Crippen molar-refractivity contribution >= 4 is 11.6 Å². The second-order valence-electron chi connectivity index (χ2n) is 4.45. The van der Waals surface area contributed by atoms with Gasteiger partial charge in [-0.25, -0.2) is 0 Å². The molecule has 2 heterocycles. The molecule has 2 aliphatic heterocycles. The Kier molecular flexibility index (Phi) is 3.79. The molecule has 3 rings (SSSR count). The van der Waals surface area contributed by atoms with E-state index < -0.39 is 12.2 Å². The summed E-state index contributed by atoms with van der Waals surface area (Å²) in [4.78, 5) is 0. The molecule has 2 unspecified atom stereocenters. The lowest BCUT2D eigenvalue weighted by Crippen LogP contribution is -2.34. The van der Waals surface area contributed by atoms with Crippen molar-refractivity contribution < 1.29 is 24.1 Å². The van der Waals surface area contributed by atoms with Gasteiger partial charge in [0.1, 0.15) is 25.4 Å². The summed E-state index contributed by atoms with van der Waals surface area (Å²) in [6.45, 7) is 2.38. The lowest BCUT2D eigenvalue weighted by atomic mass is 10.0. The fourth-order valence-electron chi connectivity index (χ4n) is 2.19. The Hall–Kier alpha value is -1.01. The highest BCUT2D eigenvalue weighted by atomic mass is 35.5. The minimum atomic E-state index is -0.844. The molecule has 0 aromatic heterocycles. The van der Waals surface area contributed by atoms with Gasteiger partial charge in [-0.1, -0.05) is 11.6 Å². The summed E-state index contributed by atoms with van der Waals surface area (Å²) < 4.78 is 21.7. The predicted octanol–water partition coefficient (Wildman–Crippen LogP) is 1.56. The van der Waals surface area contributed by atoms with Crippen molar-refractivity contribution in [3.63, 3.8) is 0 Å². The Labute approximate surface area is 116 Å². The summed E-state index contributed by atoms with van der Waals surface area (Å²) >= 11 is 6.18. The normalized spacial score (nSPS) is 24.0. The van der Waals surface area contributed by atoms with Gasteiger partial charge in [0.15, 0.2) is 11.5 Å². The largest absolute Gasteiger partial charge is 0.486 e. The monoisotopic (exact) mass is 286 g/mol. The number of benzene rings is 1. The molecule has 0 bridgehead atoms. The SMILES string of the molecule is OC(c1cc2c(cc1Cl)OCCO2)C1COCCO1. The predicted molar refractivity (Wildman–Crippen MR) is 68.0 cm³/mol. The van der Waals surface area contributed by atoms with Gasteiger partial charge in [0, 0.05) is 11.6 Å². The third-order valence-electron chi connectivity index (χ3n) is 3.17. The van der Waals surface area contributed by atoms with E-state index in [1.165, 1.54) is 0 Å². The molecule has 6 heteroatoms. The number of ether oxygens (including phenoxy) is 4. The molecule has 0 saturated carbocycles. The first-order chi connectivity index (χ1) is 9.25. The molecule has 1 N–H and O–H groups in total. The second kappa shape index (κ2) is 5.54. The van der Waals surface area contributed by atoms with Gasteiger partial charge in [-0.15, -0.1) is 0 Å². The van der Waals surface area contributed by atoms with E-state index >= 15 is 0 Å². The average Bonchev–Trinajstić information content (AvgIpc) is 2.47. The van der Waals surface area contributed by atoms with Crippen molar-refractivity contribution in [3.05, 3.63) is 22.7 Å². The van der Waals surface area contributed by atoms with Gasteiger partial charge in [0.25, 0.3) is 0 Å². The van der Waals surface area contributed by atoms with E-state index in [-0.39, 0.29) is 0 Å². The zero-order chi connectivity index (χ0) is 13.2. The molecule has 1 saturated heterocycles. The smallest absolute Gasteiger partial charge is 0.162 e. The molecule has 0 amide bonds. The van der Waals surface area contributed by atoms with Crippen LogP contribution in [-0.4, -0.2) is 44.2 Å². The first-order valence-electron chi connectivity index (χ1n) is 6.22. The molecule has 5 nitrogen and oxygen atoms in total. The van der Waals surface area contributed by atoms with Crippen LogP contribution in [0.1, 0.15) is 11.7 Å². The summed E-state index contributed by atoms with van der Waals surface area (Å²) in [6, 6.07) is 3.37. The van der Waals surface area contributed by atoms with Crippen molar-refractivity contribution in [1.29, 1.82) is 0 Å². The quantitative estimate of drug-likeness (QED) is 0.894. The molecular weight excluding hydrogens is 272 g/mol. The number of hydrogen-bond donors (Lipinski definition) is 1. The molecular formula is C13H15ClO5. The van der Waals surface area contributed by atoms with E-state index in [1.54, 1.807) is 12.1 Å². The maximum atomic E-state index is 10.3.